The van der Waals surface area contributed by atoms with Crippen LogP contribution in [0.4, 0.5) is 0 Å². The van der Waals surface area contributed by atoms with Crippen LogP contribution in [0.1, 0.15) is 40.6 Å². The van der Waals surface area contributed by atoms with E-state index >= 15 is 0 Å². The Hall–Kier alpha value is -3.73. The highest BCUT2D eigenvalue weighted by molar-refractivity contribution is 5.62. The first kappa shape index (κ1) is 19.6. The maximum absolute atomic E-state index is 11.7. The molecule has 4 rings (SSSR count). The Morgan fingerprint density at radius 3 is 2.17 bits per heavy atom. The molecule has 0 saturated heterocycles. The molecule has 30 heavy (non-hydrogen) atoms. The average Bonchev–Trinajstić information content (AvgIpc) is 2.82. The van der Waals surface area contributed by atoms with Crippen molar-refractivity contribution in [2.75, 3.05) is 0 Å². The van der Waals surface area contributed by atoms with Crippen LogP contribution < -0.4 is 0 Å². The molecule has 0 bridgehead atoms. The lowest BCUT2D eigenvalue weighted by Gasteiger charge is -2.23. The van der Waals surface area contributed by atoms with Gasteiger partial charge in [-0.05, 0) is 53.3 Å². The summed E-state index contributed by atoms with van der Waals surface area (Å²) in [7, 11) is 0. The SMILES string of the molecule is Cc1ccccc1C(CC(N=O)c1ccncc1)c1ccc(-c2cncnc2)cc1. The minimum Gasteiger partial charge on any atom is -0.265 e. The van der Waals surface area contributed by atoms with Crippen LogP contribution in [0.25, 0.3) is 11.1 Å². The number of benzene rings is 2. The van der Waals surface area contributed by atoms with Gasteiger partial charge in [-0.1, -0.05) is 53.7 Å². The van der Waals surface area contributed by atoms with Crippen molar-refractivity contribution in [2.24, 2.45) is 5.18 Å². The van der Waals surface area contributed by atoms with E-state index in [-0.39, 0.29) is 5.92 Å². The molecule has 148 valence electrons. The van der Waals surface area contributed by atoms with Gasteiger partial charge in [-0.2, -0.15) is 4.91 Å². The Balaban J connectivity index is 1.71. The van der Waals surface area contributed by atoms with Gasteiger partial charge >= 0.3 is 0 Å². The van der Waals surface area contributed by atoms with Crippen molar-refractivity contribution >= 4 is 0 Å². The lowest BCUT2D eigenvalue weighted by Crippen LogP contribution is -2.08. The van der Waals surface area contributed by atoms with Crippen molar-refractivity contribution in [3.63, 3.8) is 0 Å². The van der Waals surface area contributed by atoms with E-state index < -0.39 is 6.04 Å². The van der Waals surface area contributed by atoms with Crippen molar-refractivity contribution in [3.8, 4) is 11.1 Å². The van der Waals surface area contributed by atoms with E-state index in [0.717, 1.165) is 22.3 Å². The molecule has 0 aliphatic carbocycles. The predicted molar refractivity (Wildman–Crippen MR) is 118 cm³/mol. The summed E-state index contributed by atoms with van der Waals surface area (Å²) in [5.74, 6) is 0.0446. The third-order valence-corrected chi connectivity index (χ3v) is 5.45. The van der Waals surface area contributed by atoms with Crippen LogP contribution in [-0.4, -0.2) is 15.0 Å². The Bertz CT molecular complexity index is 1100. The monoisotopic (exact) mass is 394 g/mol. The number of hydrogen-bond donors (Lipinski definition) is 0. The maximum atomic E-state index is 11.7. The lowest BCUT2D eigenvalue weighted by atomic mass is 9.82. The molecule has 2 aromatic heterocycles. The zero-order chi connectivity index (χ0) is 20.8. The zero-order valence-corrected chi connectivity index (χ0v) is 16.7. The first-order valence-electron chi connectivity index (χ1n) is 9.89. The van der Waals surface area contributed by atoms with Crippen LogP contribution in [0.5, 0.6) is 0 Å². The smallest absolute Gasteiger partial charge is 0.118 e. The summed E-state index contributed by atoms with van der Waals surface area (Å²) in [5.41, 5.74) is 6.46. The topological polar surface area (TPSA) is 68.1 Å². The van der Waals surface area contributed by atoms with Crippen LogP contribution in [0, 0.1) is 11.8 Å². The molecule has 0 saturated carbocycles. The Morgan fingerprint density at radius 2 is 1.50 bits per heavy atom. The van der Waals surface area contributed by atoms with Crippen molar-refractivity contribution < 1.29 is 0 Å². The number of aryl methyl sites for hydroxylation is 1. The second-order valence-electron chi connectivity index (χ2n) is 7.30. The molecule has 0 N–H and O–H groups in total. The first-order chi connectivity index (χ1) is 14.8. The fraction of sp³-hybridized carbons (Fsp3) is 0.160. The molecule has 4 aromatic rings. The number of rotatable bonds is 7. The highest BCUT2D eigenvalue weighted by atomic mass is 16.3. The number of nitroso groups, excluding NO2 is 1. The average molecular weight is 394 g/mol. The molecule has 2 aromatic carbocycles. The highest BCUT2D eigenvalue weighted by Crippen LogP contribution is 2.37. The van der Waals surface area contributed by atoms with Crippen LogP contribution in [0.2, 0.25) is 0 Å². The van der Waals surface area contributed by atoms with Gasteiger partial charge in [0, 0.05) is 36.3 Å². The molecular weight excluding hydrogens is 372 g/mol. The normalized spacial score (nSPS) is 12.8. The molecule has 2 atom stereocenters. The fourth-order valence-corrected chi connectivity index (χ4v) is 3.83. The van der Waals surface area contributed by atoms with Gasteiger partial charge < -0.3 is 0 Å². The van der Waals surface area contributed by atoms with Crippen molar-refractivity contribution in [2.45, 2.75) is 25.3 Å². The molecule has 5 heteroatoms. The summed E-state index contributed by atoms with van der Waals surface area (Å²) < 4.78 is 0. The van der Waals surface area contributed by atoms with Gasteiger partial charge in [0.1, 0.15) is 12.4 Å². The van der Waals surface area contributed by atoms with Gasteiger partial charge in [0.15, 0.2) is 0 Å². The molecule has 2 unspecified atom stereocenters. The molecule has 5 nitrogen and oxygen atoms in total. The van der Waals surface area contributed by atoms with Crippen molar-refractivity contribution in [1.82, 2.24) is 15.0 Å². The molecular formula is C25H22N4O. The maximum Gasteiger partial charge on any atom is 0.118 e. The van der Waals surface area contributed by atoms with Gasteiger partial charge in [0.05, 0.1) is 0 Å². The standard InChI is InChI=1S/C25H22N4O/c1-18-4-2-3-5-23(18)24(14-25(29-30)21-10-12-26-13-11-21)20-8-6-19(7-9-20)22-15-27-17-28-16-22/h2-13,15-17,24-25H,14H2,1H3. The quantitative estimate of drug-likeness (QED) is 0.367. The van der Waals surface area contributed by atoms with E-state index in [1.54, 1.807) is 24.8 Å². The van der Waals surface area contributed by atoms with E-state index in [1.165, 1.54) is 17.5 Å². The molecule has 0 aliphatic heterocycles. The highest BCUT2D eigenvalue weighted by Gasteiger charge is 2.23. The second-order valence-corrected chi connectivity index (χ2v) is 7.30. The summed E-state index contributed by atoms with van der Waals surface area (Å²) in [4.78, 5) is 24.0. The Kier molecular flexibility index (Phi) is 5.99. The second kappa shape index (κ2) is 9.18. The van der Waals surface area contributed by atoms with E-state index in [1.807, 2.05) is 24.3 Å². The summed E-state index contributed by atoms with van der Waals surface area (Å²) >= 11 is 0. The third kappa shape index (κ3) is 4.30. The fourth-order valence-electron chi connectivity index (χ4n) is 3.83. The predicted octanol–water partition coefficient (Wildman–Crippen LogP) is 5.88. The first-order valence-corrected chi connectivity index (χ1v) is 9.89. The van der Waals surface area contributed by atoms with Crippen LogP contribution in [-0.2, 0) is 0 Å². The van der Waals surface area contributed by atoms with Crippen LogP contribution >= 0.6 is 0 Å². The summed E-state index contributed by atoms with van der Waals surface area (Å²) in [6.45, 7) is 2.10. The van der Waals surface area contributed by atoms with E-state index in [0.29, 0.717) is 6.42 Å². The summed E-state index contributed by atoms with van der Waals surface area (Å²) in [6.07, 6.45) is 9.12. The molecule has 0 fully saturated rings. The molecule has 0 aliphatic rings. The number of hydrogen-bond acceptors (Lipinski definition) is 5. The van der Waals surface area contributed by atoms with E-state index in [9.17, 15) is 4.91 Å². The van der Waals surface area contributed by atoms with Gasteiger partial charge in [-0.15, -0.1) is 0 Å². The van der Waals surface area contributed by atoms with Crippen molar-refractivity contribution in [3.05, 3.63) is 119 Å². The third-order valence-electron chi connectivity index (χ3n) is 5.45. The van der Waals surface area contributed by atoms with E-state index in [2.05, 4.69) is 63.5 Å². The molecule has 2 heterocycles. The minimum atomic E-state index is -0.445. The molecule has 0 spiro atoms. The van der Waals surface area contributed by atoms with Crippen LogP contribution in [0.3, 0.4) is 0 Å². The largest absolute Gasteiger partial charge is 0.265 e. The summed E-state index contributed by atoms with van der Waals surface area (Å²) in [5, 5.41) is 3.45. The molecule has 0 radical (unpaired) electrons. The zero-order valence-electron chi connectivity index (χ0n) is 16.7. The van der Waals surface area contributed by atoms with Crippen LogP contribution in [0.15, 0.2) is 97.0 Å². The Labute approximate surface area is 175 Å². The lowest BCUT2D eigenvalue weighted by molar-refractivity contribution is 0.592. The van der Waals surface area contributed by atoms with Gasteiger partial charge in [0.2, 0.25) is 0 Å². The summed E-state index contributed by atoms with van der Waals surface area (Å²) in [6, 6.07) is 20.0. The van der Waals surface area contributed by atoms with Gasteiger partial charge in [0.25, 0.3) is 0 Å². The van der Waals surface area contributed by atoms with Gasteiger partial charge in [-0.3, -0.25) is 4.98 Å². The number of pyridine rings is 1. The number of nitrogens with zero attached hydrogens (tertiary/aromatic N) is 4. The minimum absolute atomic E-state index is 0.0446. The van der Waals surface area contributed by atoms with Gasteiger partial charge in [-0.25, -0.2) is 9.97 Å². The molecule has 0 amide bonds. The van der Waals surface area contributed by atoms with E-state index in [4.69, 9.17) is 0 Å². The number of aromatic nitrogens is 3. The van der Waals surface area contributed by atoms with Crippen molar-refractivity contribution in [1.29, 1.82) is 0 Å². The Morgan fingerprint density at radius 1 is 0.800 bits per heavy atom.